The summed E-state index contributed by atoms with van der Waals surface area (Å²) in [5.74, 6) is 0.509. The third-order valence-corrected chi connectivity index (χ3v) is 3.00. The third kappa shape index (κ3) is 2.45. The van der Waals surface area contributed by atoms with Crippen LogP contribution < -0.4 is 0 Å². The van der Waals surface area contributed by atoms with E-state index in [2.05, 4.69) is 11.9 Å². The lowest BCUT2D eigenvalue weighted by Crippen LogP contribution is -2.26. The maximum atomic E-state index is 12.4. The molecule has 5 heteroatoms. The first kappa shape index (κ1) is 11.6. The summed E-state index contributed by atoms with van der Waals surface area (Å²) in [5.41, 5.74) is -0.108. The monoisotopic (exact) mass is 233 g/mol. The molecule has 1 saturated heterocycles. The first-order valence-electron chi connectivity index (χ1n) is 5.40. The summed E-state index contributed by atoms with van der Waals surface area (Å²) in [4.78, 5) is 3.51. The number of hydrogen-bond acceptors (Lipinski definition) is 2. The van der Waals surface area contributed by atoms with Gasteiger partial charge in [-0.3, -0.25) is 4.99 Å². The second-order valence-electron chi connectivity index (χ2n) is 4.41. The van der Waals surface area contributed by atoms with E-state index in [1.54, 1.807) is 0 Å². The van der Waals surface area contributed by atoms with Crippen LogP contribution in [0.5, 0.6) is 0 Å². The summed E-state index contributed by atoms with van der Waals surface area (Å²) in [6.45, 7) is 2.85. The van der Waals surface area contributed by atoms with E-state index in [1.807, 2.05) is 0 Å². The topological polar surface area (TPSA) is 21.6 Å². The van der Waals surface area contributed by atoms with Crippen molar-refractivity contribution in [3.63, 3.8) is 0 Å². The number of rotatable bonds is 1. The molecule has 2 nitrogen and oxygen atoms in total. The molecule has 0 bridgehead atoms. The van der Waals surface area contributed by atoms with Crippen LogP contribution >= 0.6 is 0 Å². The number of halogens is 3. The first-order valence-corrected chi connectivity index (χ1v) is 5.40. The van der Waals surface area contributed by atoms with E-state index in [0.717, 1.165) is 18.9 Å². The molecule has 0 radical (unpaired) electrons. The van der Waals surface area contributed by atoms with E-state index in [1.165, 1.54) is 0 Å². The normalized spacial score (nSPS) is 31.2. The largest absolute Gasteiger partial charge is 0.432 e. The Morgan fingerprint density at radius 3 is 2.75 bits per heavy atom. The van der Waals surface area contributed by atoms with Gasteiger partial charge in [0.2, 0.25) is 0 Å². The van der Waals surface area contributed by atoms with Gasteiger partial charge in [-0.05, 0) is 30.4 Å². The Labute approximate surface area is 92.2 Å². The van der Waals surface area contributed by atoms with Crippen LogP contribution in [0.2, 0.25) is 0 Å². The molecule has 0 amide bonds. The van der Waals surface area contributed by atoms with Gasteiger partial charge in [0.15, 0.2) is 0 Å². The van der Waals surface area contributed by atoms with Crippen molar-refractivity contribution in [1.82, 2.24) is 0 Å². The summed E-state index contributed by atoms with van der Waals surface area (Å²) in [7, 11) is 0. The lowest BCUT2D eigenvalue weighted by Gasteiger charge is -2.27. The molecule has 2 heterocycles. The quantitative estimate of drug-likeness (QED) is 0.682. The minimum Gasteiger partial charge on any atom is -0.374 e. The van der Waals surface area contributed by atoms with Crippen LogP contribution in [0.4, 0.5) is 13.2 Å². The van der Waals surface area contributed by atoms with E-state index in [0.29, 0.717) is 18.1 Å². The fourth-order valence-corrected chi connectivity index (χ4v) is 2.03. The van der Waals surface area contributed by atoms with Crippen molar-refractivity contribution in [2.45, 2.75) is 32.0 Å². The van der Waals surface area contributed by atoms with Crippen LogP contribution in [-0.2, 0) is 4.74 Å². The molecule has 2 aliphatic rings. The molecule has 0 saturated carbocycles. The van der Waals surface area contributed by atoms with Crippen LogP contribution in [0.3, 0.4) is 0 Å². The smallest absolute Gasteiger partial charge is 0.374 e. The second-order valence-corrected chi connectivity index (χ2v) is 4.41. The molecule has 2 unspecified atom stereocenters. The lowest BCUT2D eigenvalue weighted by molar-refractivity contribution is -0.0576. The first-order chi connectivity index (χ1) is 7.47. The second kappa shape index (κ2) is 4.20. The van der Waals surface area contributed by atoms with Crippen LogP contribution in [0, 0.1) is 5.92 Å². The predicted octanol–water partition coefficient (Wildman–Crippen LogP) is 2.74. The summed E-state index contributed by atoms with van der Waals surface area (Å²) >= 11 is 0. The third-order valence-electron chi connectivity index (χ3n) is 3.00. The van der Waals surface area contributed by atoms with Gasteiger partial charge in [0.05, 0.1) is 12.6 Å². The van der Waals surface area contributed by atoms with Crippen LogP contribution in [0.25, 0.3) is 0 Å². The Hall–Kier alpha value is -0.840. The molecule has 0 aliphatic carbocycles. The molecule has 2 aliphatic heterocycles. The van der Waals surface area contributed by atoms with Gasteiger partial charge in [0, 0.05) is 6.61 Å². The molecule has 90 valence electrons. The van der Waals surface area contributed by atoms with E-state index < -0.39 is 11.9 Å². The van der Waals surface area contributed by atoms with Gasteiger partial charge in [-0.25, -0.2) is 0 Å². The highest BCUT2D eigenvalue weighted by Crippen LogP contribution is 2.29. The van der Waals surface area contributed by atoms with E-state index >= 15 is 0 Å². The molecule has 16 heavy (non-hydrogen) atoms. The highest BCUT2D eigenvalue weighted by molar-refractivity contribution is 6.01. The van der Waals surface area contributed by atoms with Crippen LogP contribution in [0.1, 0.15) is 19.8 Å². The average Bonchev–Trinajstić information content (AvgIpc) is 2.65. The fourth-order valence-electron chi connectivity index (χ4n) is 2.03. The van der Waals surface area contributed by atoms with Gasteiger partial charge in [-0.15, -0.1) is 0 Å². The molecule has 2 atom stereocenters. The van der Waals surface area contributed by atoms with Crippen molar-refractivity contribution in [3.05, 3.63) is 11.6 Å². The zero-order chi connectivity index (χ0) is 11.8. The lowest BCUT2D eigenvalue weighted by atomic mass is 9.93. The Morgan fingerprint density at radius 2 is 2.19 bits per heavy atom. The average molecular weight is 233 g/mol. The zero-order valence-corrected chi connectivity index (χ0v) is 9.05. The summed E-state index contributed by atoms with van der Waals surface area (Å²) in [5, 5.41) is 0. The van der Waals surface area contributed by atoms with E-state index in [9.17, 15) is 13.2 Å². The fraction of sp³-hybridized carbons (Fsp3) is 0.727. The SMILES string of the molecule is CC1CCOC(C2=CC(C(F)(F)F)=NC2)C1. The Balaban J connectivity index is 2.03. The van der Waals surface area contributed by atoms with Crippen molar-refractivity contribution in [2.24, 2.45) is 10.9 Å². The van der Waals surface area contributed by atoms with Gasteiger partial charge in [0.1, 0.15) is 5.71 Å². The minimum absolute atomic E-state index is 0.131. The van der Waals surface area contributed by atoms with Crippen molar-refractivity contribution in [3.8, 4) is 0 Å². The molecule has 2 rings (SSSR count). The molecule has 0 N–H and O–H groups in total. The molecule has 0 aromatic carbocycles. The minimum atomic E-state index is -4.33. The van der Waals surface area contributed by atoms with Crippen molar-refractivity contribution in [2.75, 3.05) is 13.2 Å². The number of nitrogens with zero attached hydrogens (tertiary/aromatic N) is 1. The predicted molar refractivity (Wildman–Crippen MR) is 54.6 cm³/mol. The van der Waals surface area contributed by atoms with Gasteiger partial charge < -0.3 is 4.74 Å². The summed E-state index contributed by atoms with van der Waals surface area (Å²) in [6.07, 6.45) is -1.58. The Kier molecular flexibility index (Phi) is 3.06. The van der Waals surface area contributed by atoms with Crippen LogP contribution in [-0.4, -0.2) is 31.1 Å². The highest BCUT2D eigenvalue weighted by Gasteiger charge is 2.37. The van der Waals surface area contributed by atoms with Crippen molar-refractivity contribution in [1.29, 1.82) is 0 Å². The van der Waals surface area contributed by atoms with E-state index in [-0.39, 0.29) is 12.6 Å². The van der Waals surface area contributed by atoms with Gasteiger partial charge in [-0.1, -0.05) is 6.92 Å². The number of hydrogen-bond donors (Lipinski definition) is 0. The summed E-state index contributed by atoms with van der Waals surface area (Å²) < 4.78 is 42.6. The standard InChI is InChI=1S/C11H14F3NO/c1-7-2-3-16-9(4-7)8-5-10(15-6-8)11(12,13)14/h5,7,9H,2-4,6H2,1H3. The van der Waals surface area contributed by atoms with Gasteiger partial charge in [-0.2, -0.15) is 13.2 Å². The maximum Gasteiger partial charge on any atom is 0.432 e. The van der Waals surface area contributed by atoms with Crippen molar-refractivity contribution < 1.29 is 17.9 Å². The molecule has 0 aromatic heterocycles. The molecular weight excluding hydrogens is 219 g/mol. The van der Waals surface area contributed by atoms with Gasteiger partial charge in [0.25, 0.3) is 0 Å². The molecule has 1 fully saturated rings. The number of aliphatic imine (C=N–C) groups is 1. The molecule has 0 aromatic rings. The van der Waals surface area contributed by atoms with Crippen LogP contribution in [0.15, 0.2) is 16.6 Å². The number of ether oxygens (including phenoxy) is 1. The Bertz CT molecular complexity index is 333. The summed E-state index contributed by atoms with van der Waals surface area (Å²) in [6, 6.07) is 0. The zero-order valence-electron chi connectivity index (χ0n) is 9.05. The Morgan fingerprint density at radius 1 is 1.44 bits per heavy atom. The highest BCUT2D eigenvalue weighted by atomic mass is 19.4. The van der Waals surface area contributed by atoms with E-state index in [4.69, 9.17) is 4.74 Å². The number of allylic oxidation sites excluding steroid dienone is 1. The van der Waals surface area contributed by atoms with Gasteiger partial charge >= 0.3 is 6.18 Å². The van der Waals surface area contributed by atoms with Crippen molar-refractivity contribution >= 4 is 5.71 Å². The number of alkyl halides is 3. The maximum absolute atomic E-state index is 12.4. The molecular formula is C11H14F3NO. The molecule has 0 spiro atoms.